The molecule has 0 saturated heterocycles. The highest BCUT2D eigenvalue weighted by Gasteiger charge is 2.13. The van der Waals surface area contributed by atoms with E-state index < -0.39 is 0 Å². The number of methoxy groups -OCH3 is 1. The number of nitrogens with one attached hydrogen (secondary N) is 2. The normalized spacial score (nSPS) is 10.4. The van der Waals surface area contributed by atoms with Crippen molar-refractivity contribution in [3.63, 3.8) is 0 Å². The van der Waals surface area contributed by atoms with Crippen molar-refractivity contribution in [3.05, 3.63) is 88.3 Å². The number of benzene rings is 2. The van der Waals surface area contributed by atoms with Crippen LogP contribution in [-0.2, 0) is 13.1 Å². The molecule has 6 nitrogen and oxygen atoms in total. The van der Waals surface area contributed by atoms with Crippen molar-refractivity contribution in [2.45, 2.75) is 13.1 Å². The van der Waals surface area contributed by atoms with Gasteiger partial charge in [-0.15, -0.1) is 0 Å². The summed E-state index contributed by atoms with van der Waals surface area (Å²) in [5, 5.41) is 6.10. The Kier molecular flexibility index (Phi) is 6.34. The molecule has 0 aliphatic carbocycles. The van der Waals surface area contributed by atoms with Crippen LogP contribution in [0.5, 0.6) is 5.75 Å². The standard InChI is InChI=1S/C21H19ClN2O4/c1-27-19-11-16(22)7-8-18(19)21(26)23-12-14-4-2-5-15(10-14)20(25)24-13-17-6-3-9-28-17/h2-11H,12-13H2,1H3,(H,23,26)(H,24,25). The Morgan fingerprint density at radius 2 is 1.82 bits per heavy atom. The first-order valence-corrected chi connectivity index (χ1v) is 8.96. The Labute approximate surface area is 167 Å². The maximum atomic E-state index is 12.4. The van der Waals surface area contributed by atoms with Gasteiger partial charge in [-0.05, 0) is 48.0 Å². The van der Waals surface area contributed by atoms with Gasteiger partial charge >= 0.3 is 0 Å². The minimum atomic E-state index is -0.291. The average Bonchev–Trinajstić information content (AvgIpc) is 3.24. The largest absolute Gasteiger partial charge is 0.496 e. The zero-order chi connectivity index (χ0) is 19.9. The van der Waals surface area contributed by atoms with Crippen molar-refractivity contribution in [2.75, 3.05) is 7.11 Å². The summed E-state index contributed by atoms with van der Waals surface area (Å²) in [6, 6.07) is 15.4. The van der Waals surface area contributed by atoms with Crippen molar-refractivity contribution in [1.82, 2.24) is 10.6 Å². The van der Waals surface area contributed by atoms with E-state index in [1.807, 2.05) is 6.07 Å². The number of furan rings is 1. The number of carbonyl (C=O) groups excluding carboxylic acids is 2. The van der Waals surface area contributed by atoms with Gasteiger partial charge in [0.1, 0.15) is 11.5 Å². The zero-order valence-electron chi connectivity index (χ0n) is 15.2. The topological polar surface area (TPSA) is 80.6 Å². The van der Waals surface area contributed by atoms with E-state index in [0.29, 0.717) is 34.2 Å². The quantitative estimate of drug-likeness (QED) is 0.634. The molecular formula is C21H19ClN2O4. The zero-order valence-corrected chi connectivity index (χ0v) is 16.0. The Bertz CT molecular complexity index is 970. The molecular weight excluding hydrogens is 380 g/mol. The number of rotatable bonds is 7. The molecule has 0 aliphatic rings. The summed E-state index contributed by atoms with van der Waals surface area (Å²) in [6.45, 7) is 0.576. The van der Waals surface area contributed by atoms with Crippen LogP contribution < -0.4 is 15.4 Å². The highest BCUT2D eigenvalue weighted by molar-refractivity contribution is 6.30. The molecule has 144 valence electrons. The van der Waals surface area contributed by atoms with E-state index in [4.69, 9.17) is 20.8 Å². The molecule has 3 rings (SSSR count). The molecule has 0 radical (unpaired) electrons. The fourth-order valence-corrected chi connectivity index (χ4v) is 2.80. The number of hydrogen-bond donors (Lipinski definition) is 2. The van der Waals surface area contributed by atoms with E-state index in [0.717, 1.165) is 5.56 Å². The van der Waals surface area contributed by atoms with Crippen LogP contribution in [0.1, 0.15) is 32.0 Å². The summed E-state index contributed by atoms with van der Waals surface area (Å²) in [6.07, 6.45) is 1.56. The second kappa shape index (κ2) is 9.10. The predicted molar refractivity (Wildman–Crippen MR) is 105 cm³/mol. The van der Waals surface area contributed by atoms with Crippen molar-refractivity contribution >= 4 is 23.4 Å². The number of hydrogen-bond acceptors (Lipinski definition) is 4. The lowest BCUT2D eigenvalue weighted by Gasteiger charge is -2.10. The summed E-state index contributed by atoms with van der Waals surface area (Å²) in [5.41, 5.74) is 1.69. The first-order valence-electron chi connectivity index (χ1n) is 8.58. The molecule has 7 heteroatoms. The van der Waals surface area contributed by atoms with Crippen LogP contribution in [0.15, 0.2) is 65.3 Å². The van der Waals surface area contributed by atoms with E-state index in [2.05, 4.69) is 10.6 Å². The molecule has 0 saturated carbocycles. The van der Waals surface area contributed by atoms with E-state index >= 15 is 0 Å². The highest BCUT2D eigenvalue weighted by atomic mass is 35.5. The summed E-state index contributed by atoms with van der Waals surface area (Å²) < 4.78 is 10.4. The van der Waals surface area contributed by atoms with E-state index in [1.165, 1.54) is 7.11 Å². The van der Waals surface area contributed by atoms with Crippen LogP contribution in [0, 0.1) is 0 Å². The molecule has 0 atom stereocenters. The Morgan fingerprint density at radius 3 is 2.57 bits per heavy atom. The smallest absolute Gasteiger partial charge is 0.255 e. The average molecular weight is 399 g/mol. The molecule has 3 aromatic rings. The second-order valence-corrected chi connectivity index (χ2v) is 6.43. The maximum absolute atomic E-state index is 12.4. The van der Waals surface area contributed by atoms with Gasteiger partial charge in [0, 0.05) is 17.1 Å². The van der Waals surface area contributed by atoms with Gasteiger partial charge in [0.2, 0.25) is 0 Å². The number of ether oxygens (including phenoxy) is 1. The fourth-order valence-electron chi connectivity index (χ4n) is 2.64. The summed E-state index contributed by atoms with van der Waals surface area (Å²) in [7, 11) is 1.48. The first-order chi connectivity index (χ1) is 13.6. The molecule has 0 aliphatic heterocycles. The maximum Gasteiger partial charge on any atom is 0.255 e. The molecule has 0 spiro atoms. The van der Waals surface area contributed by atoms with Crippen LogP contribution in [0.2, 0.25) is 5.02 Å². The third kappa shape index (κ3) is 4.92. The van der Waals surface area contributed by atoms with Crippen LogP contribution in [0.4, 0.5) is 0 Å². The molecule has 1 heterocycles. The Morgan fingerprint density at radius 1 is 1.00 bits per heavy atom. The fraction of sp³-hybridized carbons (Fsp3) is 0.143. The van der Waals surface area contributed by atoms with Crippen LogP contribution in [-0.4, -0.2) is 18.9 Å². The third-order valence-corrected chi connectivity index (χ3v) is 4.29. The van der Waals surface area contributed by atoms with Crippen LogP contribution in [0.3, 0.4) is 0 Å². The van der Waals surface area contributed by atoms with Gasteiger partial charge in [0.05, 0.1) is 25.5 Å². The van der Waals surface area contributed by atoms with Crippen molar-refractivity contribution in [1.29, 1.82) is 0 Å². The van der Waals surface area contributed by atoms with E-state index in [1.54, 1.807) is 54.8 Å². The summed E-state index contributed by atoms with van der Waals surface area (Å²) in [5.74, 6) is 0.565. The van der Waals surface area contributed by atoms with Gasteiger partial charge in [-0.2, -0.15) is 0 Å². The van der Waals surface area contributed by atoms with Gasteiger partial charge in [0.25, 0.3) is 11.8 Å². The lowest BCUT2D eigenvalue weighted by atomic mass is 10.1. The highest BCUT2D eigenvalue weighted by Crippen LogP contribution is 2.23. The number of amides is 2. The summed E-state index contributed by atoms with van der Waals surface area (Å²) >= 11 is 5.92. The molecule has 1 aromatic heterocycles. The lowest BCUT2D eigenvalue weighted by molar-refractivity contribution is 0.0942. The second-order valence-electron chi connectivity index (χ2n) is 5.99. The third-order valence-electron chi connectivity index (χ3n) is 4.05. The molecule has 28 heavy (non-hydrogen) atoms. The lowest BCUT2D eigenvalue weighted by Crippen LogP contribution is -2.24. The predicted octanol–water partition coefficient (Wildman–Crippen LogP) is 3.80. The van der Waals surface area contributed by atoms with E-state index in [9.17, 15) is 9.59 Å². The van der Waals surface area contributed by atoms with Gasteiger partial charge in [0.15, 0.2) is 0 Å². The molecule has 0 unspecified atom stereocenters. The SMILES string of the molecule is COc1cc(Cl)ccc1C(=O)NCc1cccc(C(=O)NCc2ccco2)c1. The van der Waals surface area contributed by atoms with Crippen molar-refractivity contribution in [2.24, 2.45) is 0 Å². The molecule has 2 aromatic carbocycles. The first kappa shape index (κ1) is 19.5. The van der Waals surface area contributed by atoms with Gasteiger partial charge in [-0.3, -0.25) is 9.59 Å². The molecule has 2 amide bonds. The Balaban J connectivity index is 1.61. The minimum Gasteiger partial charge on any atom is -0.496 e. The summed E-state index contributed by atoms with van der Waals surface area (Å²) in [4.78, 5) is 24.7. The van der Waals surface area contributed by atoms with Crippen molar-refractivity contribution < 1.29 is 18.7 Å². The van der Waals surface area contributed by atoms with Crippen LogP contribution in [0.25, 0.3) is 0 Å². The van der Waals surface area contributed by atoms with Gasteiger partial charge in [-0.1, -0.05) is 23.7 Å². The molecule has 2 N–H and O–H groups in total. The van der Waals surface area contributed by atoms with Gasteiger partial charge < -0.3 is 19.8 Å². The van der Waals surface area contributed by atoms with Crippen LogP contribution >= 0.6 is 11.6 Å². The number of halogens is 1. The van der Waals surface area contributed by atoms with Crippen molar-refractivity contribution in [3.8, 4) is 5.75 Å². The number of carbonyl (C=O) groups is 2. The molecule has 0 bridgehead atoms. The Hall–Kier alpha value is -3.25. The molecule has 0 fully saturated rings. The monoisotopic (exact) mass is 398 g/mol. The van der Waals surface area contributed by atoms with E-state index in [-0.39, 0.29) is 18.4 Å². The minimum absolute atomic E-state index is 0.219. The van der Waals surface area contributed by atoms with Gasteiger partial charge in [-0.25, -0.2) is 0 Å².